The van der Waals surface area contributed by atoms with E-state index >= 15 is 0 Å². The molecular weight excluding hydrogens is 283 g/mol. The van der Waals surface area contributed by atoms with Crippen LogP contribution < -0.4 is 4.74 Å². The van der Waals surface area contributed by atoms with Gasteiger partial charge in [0.2, 0.25) is 0 Å². The number of benzene rings is 1. The fraction of sp³-hybridized carbons (Fsp3) is 0.600. The van der Waals surface area contributed by atoms with E-state index in [-0.39, 0.29) is 0 Å². The highest BCUT2D eigenvalue weighted by Gasteiger charge is 2.44. The highest BCUT2D eigenvalue weighted by molar-refractivity contribution is 5.33. The van der Waals surface area contributed by atoms with Gasteiger partial charge in [0, 0.05) is 12.1 Å². The van der Waals surface area contributed by atoms with Crippen LogP contribution >= 0.6 is 0 Å². The second-order valence-corrected chi connectivity index (χ2v) is 5.41. The molecule has 0 radical (unpaired) electrons. The number of hydrogen-bond acceptors (Lipinski definition) is 3. The molecule has 1 N–H and O–H groups in total. The molecule has 1 aromatic carbocycles. The van der Waals surface area contributed by atoms with Crippen molar-refractivity contribution in [3.63, 3.8) is 0 Å². The molecule has 0 amide bonds. The molecule has 2 rings (SSSR count). The van der Waals surface area contributed by atoms with Crippen molar-refractivity contribution in [2.75, 3.05) is 20.2 Å². The molecule has 21 heavy (non-hydrogen) atoms. The van der Waals surface area contributed by atoms with Crippen LogP contribution in [0.5, 0.6) is 5.75 Å². The van der Waals surface area contributed by atoms with Crippen LogP contribution in [0.15, 0.2) is 24.3 Å². The molecule has 1 saturated heterocycles. The molecule has 1 aliphatic rings. The highest BCUT2D eigenvalue weighted by atomic mass is 19.4. The molecule has 6 heteroatoms. The number of likely N-dealkylation sites (tertiary alicyclic amines) is 1. The maximum atomic E-state index is 12.5. The third-order valence-electron chi connectivity index (χ3n) is 4.00. The normalized spacial score (nSPS) is 19.5. The molecule has 1 atom stereocenters. The Labute approximate surface area is 122 Å². The number of halogens is 3. The van der Waals surface area contributed by atoms with Crippen molar-refractivity contribution in [1.29, 1.82) is 0 Å². The Morgan fingerprint density at radius 2 is 1.90 bits per heavy atom. The summed E-state index contributed by atoms with van der Waals surface area (Å²) in [4.78, 5) is 2.09. The molecule has 0 aromatic heterocycles. The Kier molecular flexibility index (Phi) is 5.11. The zero-order valence-corrected chi connectivity index (χ0v) is 11.9. The van der Waals surface area contributed by atoms with Gasteiger partial charge in [-0.3, -0.25) is 4.90 Å². The van der Waals surface area contributed by atoms with Gasteiger partial charge in [-0.25, -0.2) is 0 Å². The molecule has 0 aliphatic carbocycles. The van der Waals surface area contributed by atoms with Crippen molar-refractivity contribution in [3.8, 4) is 5.75 Å². The van der Waals surface area contributed by atoms with Gasteiger partial charge >= 0.3 is 6.18 Å². The van der Waals surface area contributed by atoms with E-state index in [1.54, 1.807) is 7.11 Å². The van der Waals surface area contributed by atoms with Gasteiger partial charge in [-0.05, 0) is 37.9 Å². The number of aliphatic hydroxyl groups excluding tert-OH is 1. The van der Waals surface area contributed by atoms with E-state index in [0.717, 1.165) is 11.3 Å². The minimum absolute atomic E-state index is 0.357. The number of methoxy groups -OCH3 is 1. The maximum Gasteiger partial charge on any atom is 0.414 e. The van der Waals surface area contributed by atoms with Gasteiger partial charge in [0.05, 0.1) is 7.11 Å². The second-order valence-electron chi connectivity index (χ2n) is 5.41. The molecule has 0 spiro atoms. The Morgan fingerprint density at radius 3 is 2.48 bits per heavy atom. The minimum Gasteiger partial charge on any atom is -0.496 e. The lowest BCUT2D eigenvalue weighted by Gasteiger charge is -2.34. The van der Waals surface area contributed by atoms with E-state index in [2.05, 4.69) is 4.90 Å². The second kappa shape index (κ2) is 6.66. The van der Waals surface area contributed by atoms with Crippen molar-refractivity contribution in [1.82, 2.24) is 4.90 Å². The Balaban J connectivity index is 1.90. The fourth-order valence-electron chi connectivity index (χ4n) is 2.77. The lowest BCUT2D eigenvalue weighted by atomic mass is 9.90. The van der Waals surface area contributed by atoms with Crippen LogP contribution in [0.4, 0.5) is 13.2 Å². The standard InChI is InChI=1S/C15H20F3NO2/c1-21-13-5-3-2-4-12(13)10-19-8-6-11(7-9-19)14(20)15(16,17)18/h2-5,11,14,20H,6-10H2,1H3. The van der Waals surface area contributed by atoms with E-state index in [4.69, 9.17) is 4.74 Å². The average Bonchev–Trinajstić information content (AvgIpc) is 2.47. The van der Waals surface area contributed by atoms with Crippen LogP contribution in [0.25, 0.3) is 0 Å². The topological polar surface area (TPSA) is 32.7 Å². The molecular formula is C15H20F3NO2. The summed E-state index contributed by atoms with van der Waals surface area (Å²) >= 11 is 0. The van der Waals surface area contributed by atoms with Gasteiger partial charge < -0.3 is 9.84 Å². The van der Waals surface area contributed by atoms with Gasteiger partial charge in [0.25, 0.3) is 0 Å². The number of alkyl halides is 3. The van der Waals surface area contributed by atoms with E-state index in [9.17, 15) is 18.3 Å². The van der Waals surface area contributed by atoms with Gasteiger partial charge in [-0.2, -0.15) is 13.2 Å². The first-order valence-corrected chi connectivity index (χ1v) is 7.01. The van der Waals surface area contributed by atoms with Crippen molar-refractivity contribution in [2.24, 2.45) is 5.92 Å². The van der Waals surface area contributed by atoms with Crippen LogP contribution in [0.2, 0.25) is 0 Å². The zero-order chi connectivity index (χ0) is 15.5. The number of aliphatic hydroxyl groups is 1. The number of rotatable bonds is 4. The fourth-order valence-corrected chi connectivity index (χ4v) is 2.77. The summed E-state index contributed by atoms with van der Waals surface area (Å²) < 4.78 is 42.8. The largest absolute Gasteiger partial charge is 0.496 e. The summed E-state index contributed by atoms with van der Waals surface area (Å²) in [5.41, 5.74) is 1.02. The molecule has 3 nitrogen and oxygen atoms in total. The number of hydrogen-bond donors (Lipinski definition) is 1. The minimum atomic E-state index is -4.52. The molecule has 118 valence electrons. The van der Waals surface area contributed by atoms with Gasteiger partial charge in [0.15, 0.2) is 6.10 Å². The Hall–Kier alpha value is -1.27. The van der Waals surface area contributed by atoms with Gasteiger partial charge in [-0.15, -0.1) is 0 Å². The predicted octanol–water partition coefficient (Wildman–Crippen LogP) is 2.83. The summed E-state index contributed by atoms with van der Waals surface area (Å²) in [7, 11) is 1.60. The van der Waals surface area contributed by atoms with E-state index in [1.165, 1.54) is 0 Å². The summed E-state index contributed by atoms with van der Waals surface area (Å²) in [6.45, 7) is 1.75. The lowest BCUT2D eigenvalue weighted by molar-refractivity contribution is -0.223. The maximum absolute atomic E-state index is 12.5. The number of para-hydroxylation sites is 1. The molecule has 0 bridgehead atoms. The Morgan fingerprint density at radius 1 is 1.29 bits per heavy atom. The zero-order valence-electron chi connectivity index (χ0n) is 11.9. The molecule has 1 aliphatic heterocycles. The summed E-state index contributed by atoms with van der Waals surface area (Å²) in [5.74, 6) is 0.0915. The first-order chi connectivity index (χ1) is 9.91. The quantitative estimate of drug-likeness (QED) is 0.928. The summed E-state index contributed by atoms with van der Waals surface area (Å²) in [6.07, 6.45) is -6.01. The Bertz CT molecular complexity index is 456. The SMILES string of the molecule is COc1ccccc1CN1CCC(C(O)C(F)(F)F)CC1. The number of nitrogens with zero attached hydrogens (tertiary/aromatic N) is 1. The smallest absolute Gasteiger partial charge is 0.414 e. The number of piperidine rings is 1. The van der Waals surface area contributed by atoms with Crippen LogP contribution in [0, 0.1) is 5.92 Å². The van der Waals surface area contributed by atoms with Gasteiger partial charge in [0.1, 0.15) is 5.75 Å². The van der Waals surface area contributed by atoms with Crippen molar-refractivity contribution in [3.05, 3.63) is 29.8 Å². The van der Waals surface area contributed by atoms with E-state index < -0.39 is 18.2 Å². The van der Waals surface area contributed by atoms with E-state index in [0.29, 0.717) is 32.5 Å². The lowest BCUT2D eigenvalue weighted by Crippen LogP contribution is -2.43. The molecule has 1 aromatic rings. The first-order valence-electron chi connectivity index (χ1n) is 7.01. The van der Waals surface area contributed by atoms with Crippen molar-refractivity contribution in [2.45, 2.75) is 31.7 Å². The highest BCUT2D eigenvalue weighted by Crippen LogP contribution is 2.32. The summed E-state index contributed by atoms with van der Waals surface area (Å²) in [6, 6.07) is 7.62. The number of ether oxygens (including phenoxy) is 1. The average molecular weight is 303 g/mol. The molecule has 0 saturated carbocycles. The van der Waals surface area contributed by atoms with Gasteiger partial charge in [-0.1, -0.05) is 18.2 Å². The van der Waals surface area contributed by atoms with Crippen LogP contribution in [-0.2, 0) is 6.54 Å². The van der Waals surface area contributed by atoms with Crippen LogP contribution in [0.3, 0.4) is 0 Å². The van der Waals surface area contributed by atoms with Crippen molar-refractivity contribution >= 4 is 0 Å². The van der Waals surface area contributed by atoms with E-state index in [1.807, 2.05) is 24.3 Å². The molecule has 1 fully saturated rings. The molecule has 1 heterocycles. The van der Waals surface area contributed by atoms with Crippen molar-refractivity contribution < 1.29 is 23.0 Å². The third-order valence-corrected chi connectivity index (χ3v) is 4.00. The molecule has 1 unspecified atom stereocenters. The third kappa shape index (κ3) is 4.11. The van der Waals surface area contributed by atoms with Crippen LogP contribution in [-0.4, -0.2) is 42.5 Å². The monoisotopic (exact) mass is 303 g/mol. The van der Waals surface area contributed by atoms with Crippen LogP contribution in [0.1, 0.15) is 18.4 Å². The first kappa shape index (κ1) is 16.1. The summed E-state index contributed by atoms with van der Waals surface area (Å²) in [5, 5.41) is 9.31. The predicted molar refractivity (Wildman–Crippen MR) is 73.1 cm³/mol.